The van der Waals surface area contributed by atoms with Gasteiger partial charge in [-0.05, 0) is 23.6 Å². The topological polar surface area (TPSA) is 393 Å². The number of rotatable bonds is 28. The molecule has 370 valence electrons. The second kappa shape index (κ2) is 28.0. The van der Waals surface area contributed by atoms with E-state index in [1.807, 2.05) is 0 Å². The Morgan fingerprint density at radius 2 is 0.797 bits per heavy atom. The zero-order chi connectivity index (χ0) is 51.0. The minimum atomic E-state index is -1.78. The molecule has 0 saturated carbocycles. The molecule has 8 amide bonds. The Kier molecular flexibility index (Phi) is 22.4. The van der Waals surface area contributed by atoms with E-state index >= 15 is 0 Å². The maximum absolute atomic E-state index is 13.6. The fourth-order valence-corrected chi connectivity index (χ4v) is 6.33. The third-order valence-electron chi connectivity index (χ3n) is 9.98. The minimum Gasteiger partial charge on any atom is -0.481 e. The van der Waals surface area contributed by atoms with Crippen LogP contribution in [0.5, 0.6) is 0 Å². The van der Waals surface area contributed by atoms with Crippen LogP contribution in [-0.4, -0.2) is 148 Å². The third-order valence-corrected chi connectivity index (χ3v) is 9.98. The smallest absolute Gasteiger partial charge is 0.326 e. The first-order valence-electron chi connectivity index (χ1n) is 21.3. The van der Waals surface area contributed by atoms with Crippen molar-refractivity contribution >= 4 is 65.2 Å². The molecule has 0 aliphatic rings. The van der Waals surface area contributed by atoms with Crippen LogP contribution in [0.1, 0.15) is 36.5 Å². The van der Waals surface area contributed by atoms with Gasteiger partial charge >= 0.3 is 17.9 Å². The van der Waals surface area contributed by atoms with Crippen molar-refractivity contribution in [3.8, 4) is 0 Å². The average Bonchev–Trinajstić information content (AvgIpc) is 3.31. The number of carbonyl (C=O) groups is 11. The van der Waals surface area contributed by atoms with E-state index in [-0.39, 0.29) is 19.3 Å². The van der Waals surface area contributed by atoms with Crippen LogP contribution in [-0.2, 0) is 72.0 Å². The third kappa shape index (κ3) is 20.0. The number of aliphatic hydroxyl groups excluding tert-OH is 1. The van der Waals surface area contributed by atoms with Gasteiger partial charge in [0.05, 0.1) is 25.9 Å². The van der Waals surface area contributed by atoms with Gasteiger partial charge in [-0.25, -0.2) is 4.79 Å². The fraction of sp³-hybridized carbons (Fsp3) is 0.356. The van der Waals surface area contributed by atoms with E-state index in [0.717, 1.165) is 0 Å². The zero-order valence-corrected chi connectivity index (χ0v) is 37.3. The Hall–Kier alpha value is -8.25. The van der Waals surface area contributed by atoms with Gasteiger partial charge in [0.25, 0.3) is 5.91 Å². The maximum Gasteiger partial charge on any atom is 0.326 e. The van der Waals surface area contributed by atoms with Gasteiger partial charge < -0.3 is 68.7 Å². The molecule has 0 unspecified atom stereocenters. The normalized spacial score (nSPS) is 13.7. The predicted octanol–water partition coefficient (Wildman–Crippen LogP) is -4.49. The molecule has 0 radical (unpaired) electrons. The lowest BCUT2D eigenvalue weighted by Crippen LogP contribution is -2.70. The summed E-state index contributed by atoms with van der Waals surface area (Å²) in [6.45, 7) is -1.05. The Bertz CT molecular complexity index is 2290. The molecule has 0 heterocycles. The van der Waals surface area contributed by atoms with Gasteiger partial charge in [-0.15, -0.1) is 0 Å². The van der Waals surface area contributed by atoms with Crippen LogP contribution in [0.15, 0.2) is 91.0 Å². The summed E-state index contributed by atoms with van der Waals surface area (Å²) in [6.07, 6.45) is -2.26. The number of carboxylic acids is 3. The molecule has 7 atom stereocenters. The van der Waals surface area contributed by atoms with E-state index in [2.05, 4.69) is 48.3 Å². The van der Waals surface area contributed by atoms with Gasteiger partial charge in [0.15, 0.2) is 6.04 Å². The number of hydrogen-bond acceptors (Lipinski definition) is 12. The molecule has 24 heteroatoms. The van der Waals surface area contributed by atoms with Gasteiger partial charge in [-0.1, -0.05) is 91.0 Å². The molecule has 0 fully saturated rings. The second-order valence-electron chi connectivity index (χ2n) is 15.6. The van der Waals surface area contributed by atoms with Crippen LogP contribution >= 0.6 is 0 Å². The number of benzene rings is 3. The quantitative estimate of drug-likeness (QED) is 0.0326. The van der Waals surface area contributed by atoms with E-state index < -0.39 is 140 Å². The molecule has 3 rings (SSSR count). The molecule has 69 heavy (non-hydrogen) atoms. The summed E-state index contributed by atoms with van der Waals surface area (Å²) in [7, 11) is 0. The van der Waals surface area contributed by atoms with Crippen molar-refractivity contribution in [1.82, 2.24) is 42.5 Å². The number of quaternary nitrogens is 1. The molecular formula is C45H56N9O15+. The molecule has 0 aromatic heterocycles. The van der Waals surface area contributed by atoms with Crippen LogP contribution in [0.25, 0.3) is 0 Å². The largest absolute Gasteiger partial charge is 0.481 e. The molecule has 3 aromatic carbocycles. The number of carbonyl (C=O) groups excluding carboxylic acids is 8. The Labute approximate surface area is 394 Å². The van der Waals surface area contributed by atoms with Crippen molar-refractivity contribution in [2.45, 2.75) is 81.3 Å². The van der Waals surface area contributed by atoms with Crippen LogP contribution < -0.4 is 48.3 Å². The predicted molar refractivity (Wildman–Crippen MR) is 240 cm³/mol. The van der Waals surface area contributed by atoms with E-state index in [9.17, 15) is 73.2 Å². The molecule has 0 spiro atoms. The SMILES string of the molecule is C[C@H](NC(=O)[C@H](Cc1ccccc1)NC(=O)CNC(=O)[C@H](CC(=O)O)NC(=O)CNC(=O)[C@H](Cc1ccccc1)NC(=O)[C@@H]([NH3+])CO)C(=O)N[C@@H](CC(=O)O)C(=O)N[C@@H](Cc1ccccc1)C(=O)O. The number of carboxylic acid groups (broad SMARTS) is 3. The van der Waals surface area contributed by atoms with Crippen molar-refractivity contribution < 1.29 is 78.9 Å². The minimum absolute atomic E-state index is 0.0181. The molecular weight excluding hydrogens is 907 g/mol. The first kappa shape index (κ1) is 55.1. The summed E-state index contributed by atoms with van der Waals surface area (Å²) >= 11 is 0. The maximum atomic E-state index is 13.6. The lowest BCUT2D eigenvalue weighted by molar-refractivity contribution is -0.409. The number of aliphatic carboxylic acids is 3. The summed E-state index contributed by atoms with van der Waals surface area (Å²) in [5, 5.41) is 56.3. The summed E-state index contributed by atoms with van der Waals surface area (Å²) in [5.41, 5.74) is 5.22. The lowest BCUT2D eigenvalue weighted by atomic mass is 10.0. The highest BCUT2D eigenvalue weighted by Crippen LogP contribution is 2.08. The Morgan fingerprint density at radius 1 is 0.449 bits per heavy atom. The monoisotopic (exact) mass is 962 g/mol. The molecule has 24 nitrogen and oxygen atoms in total. The first-order chi connectivity index (χ1) is 32.8. The van der Waals surface area contributed by atoms with Crippen LogP contribution in [0, 0.1) is 0 Å². The number of hydrogen-bond donors (Lipinski definition) is 13. The first-order valence-corrected chi connectivity index (χ1v) is 21.3. The molecule has 0 bridgehead atoms. The van der Waals surface area contributed by atoms with Crippen molar-refractivity contribution in [3.63, 3.8) is 0 Å². The number of aliphatic hydroxyl groups is 1. The van der Waals surface area contributed by atoms with Crippen LogP contribution in [0.4, 0.5) is 0 Å². The van der Waals surface area contributed by atoms with Crippen molar-refractivity contribution in [3.05, 3.63) is 108 Å². The van der Waals surface area contributed by atoms with Crippen LogP contribution in [0.2, 0.25) is 0 Å². The summed E-state index contributed by atoms with van der Waals surface area (Å²) < 4.78 is 0. The van der Waals surface area contributed by atoms with Gasteiger partial charge in [-0.2, -0.15) is 0 Å². The van der Waals surface area contributed by atoms with E-state index in [0.29, 0.717) is 16.7 Å². The van der Waals surface area contributed by atoms with Crippen LogP contribution in [0.3, 0.4) is 0 Å². The standard InChI is InChI=1S/C45H55N9O15/c1-25(39(62)52-33(21-38(60)61)44(67)54-34(45(68)69)19-28-15-9-4-10-16-28)49-43(66)31(18-27-13-7-3-8-14-27)50-35(56)22-48-42(65)32(20-37(58)59)51-36(57)23-47-41(64)30(53-40(63)29(46)24-55)17-26-11-5-2-6-12-26/h2-16,25,29-34,55H,17-24,46H2,1H3,(H,47,64)(H,48,65)(H,49,66)(H,50,56)(H,51,57)(H,52,62)(H,53,63)(H,54,67)(H,58,59)(H,60,61)(H,68,69)/p+1/t25-,29-,30-,31-,32-,33-,34-/m0/s1. The highest BCUT2D eigenvalue weighted by Gasteiger charge is 2.32. The molecule has 3 aromatic rings. The van der Waals surface area contributed by atoms with E-state index in [1.165, 1.54) is 6.92 Å². The lowest BCUT2D eigenvalue weighted by Gasteiger charge is -2.24. The molecule has 0 aliphatic heterocycles. The van der Waals surface area contributed by atoms with Gasteiger partial charge in [0.1, 0.15) is 42.9 Å². The Morgan fingerprint density at radius 3 is 1.22 bits per heavy atom. The van der Waals surface area contributed by atoms with Crippen molar-refractivity contribution in [2.24, 2.45) is 0 Å². The van der Waals surface area contributed by atoms with Crippen molar-refractivity contribution in [1.29, 1.82) is 0 Å². The van der Waals surface area contributed by atoms with Gasteiger partial charge in [0, 0.05) is 19.3 Å². The highest BCUT2D eigenvalue weighted by molar-refractivity contribution is 5.98. The van der Waals surface area contributed by atoms with Gasteiger partial charge in [0.2, 0.25) is 41.4 Å². The summed E-state index contributed by atoms with van der Waals surface area (Å²) in [6, 6.07) is 14.7. The summed E-state index contributed by atoms with van der Waals surface area (Å²) in [4.78, 5) is 140. The average molecular weight is 963 g/mol. The van der Waals surface area contributed by atoms with Gasteiger partial charge in [-0.3, -0.25) is 47.9 Å². The second-order valence-corrected chi connectivity index (χ2v) is 15.6. The van der Waals surface area contributed by atoms with Crippen molar-refractivity contribution in [2.75, 3.05) is 19.7 Å². The molecule has 15 N–H and O–H groups in total. The molecule has 0 aliphatic carbocycles. The Balaban J connectivity index is 1.65. The van der Waals surface area contributed by atoms with E-state index in [1.54, 1.807) is 91.0 Å². The molecule has 0 saturated heterocycles. The highest BCUT2D eigenvalue weighted by atomic mass is 16.4. The number of amides is 8. The summed E-state index contributed by atoms with van der Waals surface area (Å²) in [5.74, 6) is -12.3. The fourth-order valence-electron chi connectivity index (χ4n) is 6.33. The van der Waals surface area contributed by atoms with E-state index in [4.69, 9.17) is 0 Å². The number of nitrogens with one attached hydrogen (secondary N) is 8. The zero-order valence-electron chi connectivity index (χ0n) is 37.3.